The van der Waals surface area contributed by atoms with E-state index in [1.165, 1.54) is 11.8 Å². The van der Waals surface area contributed by atoms with Gasteiger partial charge in [-0.25, -0.2) is 0 Å². The van der Waals surface area contributed by atoms with Crippen molar-refractivity contribution in [1.82, 2.24) is 0 Å². The summed E-state index contributed by atoms with van der Waals surface area (Å²) in [7, 11) is 0. The topological polar surface area (TPSA) is 73.3 Å². The Morgan fingerprint density at radius 2 is 2.25 bits per heavy atom. The molecule has 0 amide bonds. The molecule has 5 heteroatoms. The fourth-order valence-electron chi connectivity index (χ4n) is 2.25. The largest absolute Gasteiger partial charge is 0.469 e. The first kappa shape index (κ1) is 16.1. The lowest BCUT2D eigenvalue weighted by atomic mass is 9.73. The highest BCUT2D eigenvalue weighted by Crippen LogP contribution is 2.38. The first-order valence-corrected chi connectivity index (χ1v) is 6.64. The maximum absolute atomic E-state index is 11.5. The molecule has 0 spiro atoms. The molecular formula is C15H21NO4. The van der Waals surface area contributed by atoms with Gasteiger partial charge in [0.2, 0.25) is 6.54 Å². The first-order valence-electron chi connectivity index (χ1n) is 6.64. The Hall–Kier alpha value is -1.91. The Morgan fingerprint density at radius 1 is 1.55 bits per heavy atom. The number of hydrogen-bond donors (Lipinski definition) is 0. The maximum atomic E-state index is 11.5. The van der Waals surface area contributed by atoms with Gasteiger partial charge in [0.1, 0.15) is 12.0 Å². The van der Waals surface area contributed by atoms with Crippen LogP contribution >= 0.6 is 0 Å². The zero-order chi connectivity index (χ0) is 15.2. The molecule has 0 aliphatic carbocycles. The van der Waals surface area contributed by atoms with Gasteiger partial charge in [-0.1, -0.05) is 18.6 Å². The number of carbonyl (C=O) groups excluding carboxylic acids is 1. The lowest BCUT2D eigenvalue weighted by Gasteiger charge is -2.28. The summed E-state index contributed by atoms with van der Waals surface area (Å²) in [5, 5.41) is 10.9. The molecule has 0 bridgehead atoms. The summed E-state index contributed by atoms with van der Waals surface area (Å²) in [5.74, 6) is -0.0518. The molecule has 110 valence electrons. The summed E-state index contributed by atoms with van der Waals surface area (Å²) in [6, 6.07) is 3.38. The number of nitro groups is 1. The molecule has 1 aromatic rings. The van der Waals surface area contributed by atoms with Crippen molar-refractivity contribution in [2.45, 2.75) is 39.5 Å². The summed E-state index contributed by atoms with van der Waals surface area (Å²) in [5.41, 5.74) is 0.360. The highest BCUT2D eigenvalue weighted by atomic mass is 16.6. The second-order valence-corrected chi connectivity index (χ2v) is 5.53. The van der Waals surface area contributed by atoms with Gasteiger partial charge in [-0.05, 0) is 38.8 Å². The predicted molar refractivity (Wildman–Crippen MR) is 76.1 cm³/mol. The average molecular weight is 279 g/mol. The van der Waals surface area contributed by atoms with Crippen molar-refractivity contribution >= 4 is 6.29 Å². The third-order valence-corrected chi connectivity index (χ3v) is 3.52. The summed E-state index contributed by atoms with van der Waals surface area (Å²) in [6.45, 7) is 5.42. The SMILES string of the molecule is CC(C)=CCC[C@](C)(C=O)[C@@H](C[N+](=O)[O-])c1ccco1. The van der Waals surface area contributed by atoms with E-state index in [0.717, 1.165) is 6.29 Å². The van der Waals surface area contributed by atoms with Crippen LogP contribution in [0.5, 0.6) is 0 Å². The molecular weight excluding hydrogens is 258 g/mol. The van der Waals surface area contributed by atoms with Crippen molar-refractivity contribution in [2.24, 2.45) is 5.41 Å². The van der Waals surface area contributed by atoms with Crippen molar-refractivity contribution in [2.75, 3.05) is 6.54 Å². The number of allylic oxidation sites excluding steroid dienone is 2. The molecule has 20 heavy (non-hydrogen) atoms. The zero-order valence-corrected chi connectivity index (χ0v) is 12.2. The quantitative estimate of drug-likeness (QED) is 0.315. The van der Waals surface area contributed by atoms with Crippen LogP contribution < -0.4 is 0 Å². The van der Waals surface area contributed by atoms with Gasteiger partial charge in [-0.15, -0.1) is 0 Å². The van der Waals surface area contributed by atoms with Crippen molar-refractivity contribution < 1.29 is 14.1 Å². The Balaban J connectivity index is 2.97. The number of rotatable bonds is 8. The van der Waals surface area contributed by atoms with Gasteiger partial charge in [0.25, 0.3) is 0 Å². The normalized spacial score (nSPS) is 15.2. The van der Waals surface area contributed by atoms with Gasteiger partial charge in [0.05, 0.1) is 12.2 Å². The Labute approximate surface area is 118 Å². The van der Waals surface area contributed by atoms with Crippen molar-refractivity contribution in [1.29, 1.82) is 0 Å². The van der Waals surface area contributed by atoms with Gasteiger partial charge < -0.3 is 9.21 Å². The number of hydrogen-bond acceptors (Lipinski definition) is 4. The van der Waals surface area contributed by atoms with Crippen LogP contribution in [0.15, 0.2) is 34.5 Å². The Morgan fingerprint density at radius 3 is 2.70 bits per heavy atom. The number of furan rings is 1. The van der Waals surface area contributed by atoms with Gasteiger partial charge in [0, 0.05) is 10.3 Å². The fraction of sp³-hybridized carbons (Fsp3) is 0.533. The molecule has 0 radical (unpaired) electrons. The van der Waals surface area contributed by atoms with Crippen molar-refractivity contribution in [3.05, 3.63) is 45.9 Å². The van der Waals surface area contributed by atoms with E-state index < -0.39 is 16.3 Å². The van der Waals surface area contributed by atoms with Crippen molar-refractivity contribution in [3.8, 4) is 0 Å². The minimum absolute atomic E-state index is 0.308. The molecule has 1 rings (SSSR count). The first-order chi connectivity index (χ1) is 9.39. The second-order valence-electron chi connectivity index (χ2n) is 5.53. The van der Waals surface area contributed by atoms with Crippen LogP contribution in [0, 0.1) is 15.5 Å². The van der Waals surface area contributed by atoms with E-state index >= 15 is 0 Å². The molecule has 0 aliphatic rings. The van der Waals surface area contributed by atoms with E-state index in [0.29, 0.717) is 18.6 Å². The molecule has 5 nitrogen and oxygen atoms in total. The standard InChI is InChI=1S/C15H21NO4/c1-12(2)6-4-8-15(3,11-17)13(10-16(18)19)14-7-5-9-20-14/h5-7,9,11,13H,4,8,10H2,1-3H3/t13-,15+/m0/s1. The van der Waals surface area contributed by atoms with Crippen LogP contribution in [0.1, 0.15) is 45.3 Å². The van der Waals surface area contributed by atoms with Crippen LogP contribution in [0.25, 0.3) is 0 Å². The van der Waals surface area contributed by atoms with E-state index in [9.17, 15) is 14.9 Å². The Bertz CT molecular complexity index is 474. The summed E-state index contributed by atoms with van der Waals surface area (Å²) in [4.78, 5) is 22.0. The molecule has 0 saturated heterocycles. The zero-order valence-electron chi connectivity index (χ0n) is 12.2. The van der Waals surface area contributed by atoms with E-state index in [-0.39, 0.29) is 6.54 Å². The molecule has 0 unspecified atom stereocenters. The highest BCUT2D eigenvalue weighted by molar-refractivity contribution is 5.61. The minimum Gasteiger partial charge on any atom is -0.469 e. The van der Waals surface area contributed by atoms with Gasteiger partial charge in [-0.3, -0.25) is 10.1 Å². The molecule has 0 aromatic carbocycles. The minimum atomic E-state index is -0.809. The summed E-state index contributed by atoms with van der Waals surface area (Å²) >= 11 is 0. The third kappa shape index (κ3) is 4.33. The van der Waals surface area contributed by atoms with Gasteiger partial charge in [0.15, 0.2) is 0 Å². The molecule has 1 aromatic heterocycles. The molecule has 2 atom stereocenters. The van der Waals surface area contributed by atoms with E-state index in [2.05, 4.69) is 0 Å². The van der Waals surface area contributed by atoms with E-state index in [1.807, 2.05) is 19.9 Å². The number of carbonyl (C=O) groups is 1. The lowest BCUT2D eigenvalue weighted by Crippen LogP contribution is -2.32. The third-order valence-electron chi connectivity index (χ3n) is 3.52. The fourth-order valence-corrected chi connectivity index (χ4v) is 2.25. The predicted octanol–water partition coefficient (Wildman–Crippen LogP) is 3.59. The van der Waals surface area contributed by atoms with Gasteiger partial charge in [-0.2, -0.15) is 0 Å². The van der Waals surface area contributed by atoms with E-state index in [4.69, 9.17) is 4.42 Å². The summed E-state index contributed by atoms with van der Waals surface area (Å²) < 4.78 is 5.29. The van der Waals surface area contributed by atoms with Crippen LogP contribution in [0.3, 0.4) is 0 Å². The van der Waals surface area contributed by atoms with Crippen LogP contribution in [0.4, 0.5) is 0 Å². The molecule has 0 fully saturated rings. The smallest absolute Gasteiger partial charge is 0.214 e. The van der Waals surface area contributed by atoms with E-state index in [1.54, 1.807) is 19.1 Å². The highest BCUT2D eigenvalue weighted by Gasteiger charge is 2.39. The monoisotopic (exact) mass is 279 g/mol. The number of aldehydes is 1. The average Bonchev–Trinajstić information content (AvgIpc) is 2.88. The van der Waals surface area contributed by atoms with Crippen LogP contribution in [-0.4, -0.2) is 17.8 Å². The lowest BCUT2D eigenvalue weighted by molar-refractivity contribution is -0.486. The molecule has 0 N–H and O–H groups in total. The summed E-state index contributed by atoms with van der Waals surface area (Å²) in [6.07, 6.45) is 5.60. The van der Waals surface area contributed by atoms with Crippen LogP contribution in [0.2, 0.25) is 0 Å². The Kier molecular flexibility index (Phi) is 5.67. The van der Waals surface area contributed by atoms with Crippen LogP contribution in [-0.2, 0) is 4.79 Å². The maximum Gasteiger partial charge on any atom is 0.214 e. The number of nitrogens with zero attached hydrogens (tertiary/aromatic N) is 1. The molecule has 1 heterocycles. The van der Waals surface area contributed by atoms with Gasteiger partial charge >= 0.3 is 0 Å². The molecule has 0 saturated carbocycles. The molecule has 0 aliphatic heterocycles. The van der Waals surface area contributed by atoms with Crippen molar-refractivity contribution in [3.63, 3.8) is 0 Å². The second kappa shape index (κ2) is 7.03.